The van der Waals surface area contributed by atoms with Gasteiger partial charge in [0.25, 0.3) is 5.91 Å². The van der Waals surface area contributed by atoms with E-state index in [4.69, 9.17) is 19.3 Å². The Bertz CT molecular complexity index is 1430. The van der Waals surface area contributed by atoms with Gasteiger partial charge >= 0.3 is 0 Å². The smallest absolute Gasteiger partial charge is 0.271 e. The number of ether oxygens (including phenoxy) is 3. The minimum Gasteiger partial charge on any atom is -0.385 e. The number of amides is 1. The molecule has 1 saturated carbocycles. The lowest BCUT2D eigenvalue weighted by molar-refractivity contribution is 0.00718. The summed E-state index contributed by atoms with van der Waals surface area (Å²) in [5.74, 6) is -0.226. The van der Waals surface area contributed by atoms with E-state index in [1.54, 1.807) is 31.1 Å². The molecule has 2 N–H and O–H groups in total. The Hall–Kier alpha value is -3.54. The van der Waals surface area contributed by atoms with Gasteiger partial charge in [-0.1, -0.05) is 0 Å². The summed E-state index contributed by atoms with van der Waals surface area (Å²) < 4.78 is 20.5. The molecule has 6 rings (SSSR count). The molecule has 188 valence electrons. The highest BCUT2D eigenvalue weighted by atomic mass is 16.5. The lowest BCUT2D eigenvalue weighted by atomic mass is 9.89. The van der Waals surface area contributed by atoms with E-state index in [1.807, 2.05) is 31.4 Å². The van der Waals surface area contributed by atoms with Crippen LogP contribution in [0.2, 0.25) is 0 Å². The minimum absolute atomic E-state index is 0.000516. The number of methoxy groups -OCH3 is 2. The van der Waals surface area contributed by atoms with Crippen LogP contribution in [0, 0.1) is 0 Å². The van der Waals surface area contributed by atoms with Gasteiger partial charge in [0.15, 0.2) is 11.3 Å². The number of nitrogens with one attached hydrogen (secondary N) is 2. The Labute approximate surface area is 207 Å². The number of aromatic nitrogens is 5. The van der Waals surface area contributed by atoms with E-state index in [0.29, 0.717) is 30.2 Å². The summed E-state index contributed by atoms with van der Waals surface area (Å²) in [7, 11) is 5.20. The van der Waals surface area contributed by atoms with Crippen molar-refractivity contribution in [2.45, 2.75) is 37.1 Å². The second-order valence-corrected chi connectivity index (χ2v) is 9.21. The fourth-order valence-electron chi connectivity index (χ4n) is 5.15. The molecule has 0 radical (unpaired) electrons. The van der Waals surface area contributed by atoms with E-state index < -0.39 is 0 Å². The molecule has 2 fully saturated rings. The van der Waals surface area contributed by atoms with Crippen molar-refractivity contribution < 1.29 is 19.0 Å². The maximum Gasteiger partial charge on any atom is 0.271 e. The van der Waals surface area contributed by atoms with Gasteiger partial charge in [0, 0.05) is 44.6 Å². The molecule has 4 aromatic rings. The maximum atomic E-state index is 13.2. The molecule has 0 unspecified atom stereocenters. The topological polar surface area (TPSA) is 117 Å². The summed E-state index contributed by atoms with van der Waals surface area (Å²) in [4.78, 5) is 22.3. The number of pyridine rings is 1. The maximum absolute atomic E-state index is 13.2. The van der Waals surface area contributed by atoms with Crippen molar-refractivity contribution in [1.29, 1.82) is 0 Å². The molecule has 1 amide bonds. The first-order chi connectivity index (χ1) is 17.6. The number of anilines is 1. The molecule has 1 aliphatic carbocycles. The molecule has 0 spiro atoms. The van der Waals surface area contributed by atoms with E-state index in [0.717, 1.165) is 35.1 Å². The second-order valence-electron chi connectivity index (χ2n) is 9.21. The lowest BCUT2D eigenvalue weighted by Gasteiger charge is -2.35. The Morgan fingerprint density at radius 2 is 2.00 bits per heavy atom. The van der Waals surface area contributed by atoms with Crippen LogP contribution in [-0.2, 0) is 14.2 Å². The van der Waals surface area contributed by atoms with Gasteiger partial charge < -0.3 is 29.4 Å². The van der Waals surface area contributed by atoms with Gasteiger partial charge in [-0.15, -0.1) is 0 Å². The molecule has 1 saturated heterocycles. The molecule has 0 aromatic carbocycles. The third-order valence-corrected chi connectivity index (χ3v) is 7.33. The fraction of sp³-hybridized carbons (Fsp3) is 0.440. The molecule has 2 aliphatic rings. The molecule has 36 heavy (non-hydrogen) atoms. The standard InChI is InChI=1S/C25H29N7O4/c1-26-18-9-17(30-32-19(10-28-24(18)32)25(33)29-16-6-7-21(16)34-2)15-11-31(20-12-36-13-22(20)35-3)23-14(15)5-4-8-27-23/h4-5,8-11,16,20-22,26H,6-7,12-13H2,1-3H3,(H,29,33)/t16-,20-,21-,22-/m0/s1. The van der Waals surface area contributed by atoms with Crippen molar-refractivity contribution in [2.75, 3.05) is 39.8 Å². The number of carbonyl (C=O) groups is 1. The van der Waals surface area contributed by atoms with Crippen molar-refractivity contribution >= 4 is 28.3 Å². The lowest BCUT2D eigenvalue weighted by Crippen LogP contribution is -2.51. The summed E-state index contributed by atoms with van der Waals surface area (Å²) in [6, 6.07) is 5.88. The van der Waals surface area contributed by atoms with Crippen LogP contribution in [0.4, 0.5) is 5.69 Å². The highest BCUT2D eigenvalue weighted by Gasteiger charge is 2.34. The highest BCUT2D eigenvalue weighted by molar-refractivity contribution is 5.96. The van der Waals surface area contributed by atoms with Crippen LogP contribution in [0.1, 0.15) is 29.4 Å². The Balaban J connectivity index is 1.45. The van der Waals surface area contributed by atoms with Crippen molar-refractivity contribution in [3.8, 4) is 11.3 Å². The van der Waals surface area contributed by atoms with Crippen molar-refractivity contribution in [3.05, 3.63) is 42.5 Å². The van der Waals surface area contributed by atoms with Crippen molar-refractivity contribution in [1.82, 2.24) is 29.5 Å². The number of hydrogen-bond acceptors (Lipinski definition) is 8. The third-order valence-electron chi connectivity index (χ3n) is 7.33. The number of nitrogens with zero attached hydrogens (tertiary/aromatic N) is 5. The van der Waals surface area contributed by atoms with Crippen LogP contribution in [0.5, 0.6) is 0 Å². The SMILES string of the molecule is CNc1cc(-c2cn([C@H]3COC[C@@H]3OC)c3ncccc23)nn2c(C(=O)N[C@H]3CC[C@@H]3OC)cnc12. The molecule has 4 atom stereocenters. The zero-order valence-corrected chi connectivity index (χ0v) is 20.5. The van der Waals surface area contributed by atoms with Crippen LogP contribution in [0.15, 0.2) is 36.8 Å². The molecular weight excluding hydrogens is 462 g/mol. The minimum atomic E-state index is -0.226. The number of hydrogen-bond donors (Lipinski definition) is 2. The van der Waals surface area contributed by atoms with Gasteiger partial charge in [0.05, 0.1) is 49.0 Å². The van der Waals surface area contributed by atoms with Gasteiger partial charge in [-0.05, 0) is 31.0 Å². The van der Waals surface area contributed by atoms with Gasteiger partial charge in [-0.2, -0.15) is 5.10 Å². The predicted octanol–water partition coefficient (Wildman–Crippen LogP) is 2.28. The average molecular weight is 492 g/mol. The Morgan fingerprint density at radius 3 is 2.75 bits per heavy atom. The molecule has 11 heteroatoms. The van der Waals surface area contributed by atoms with E-state index in [2.05, 4.69) is 25.2 Å². The first-order valence-corrected chi connectivity index (χ1v) is 12.1. The van der Waals surface area contributed by atoms with Crippen LogP contribution in [-0.4, -0.2) is 82.8 Å². The van der Waals surface area contributed by atoms with Gasteiger partial charge in [-0.3, -0.25) is 4.79 Å². The van der Waals surface area contributed by atoms with Gasteiger partial charge in [0.1, 0.15) is 11.8 Å². The zero-order chi connectivity index (χ0) is 24.8. The fourth-order valence-corrected chi connectivity index (χ4v) is 5.15. The number of rotatable bonds is 7. The van der Waals surface area contributed by atoms with E-state index in [-0.39, 0.29) is 30.2 Å². The summed E-state index contributed by atoms with van der Waals surface area (Å²) in [6.45, 7) is 1.08. The highest BCUT2D eigenvalue weighted by Crippen LogP contribution is 2.35. The van der Waals surface area contributed by atoms with Crippen LogP contribution < -0.4 is 10.6 Å². The van der Waals surface area contributed by atoms with Crippen molar-refractivity contribution in [3.63, 3.8) is 0 Å². The number of carbonyl (C=O) groups excluding carboxylic acids is 1. The molecular formula is C25H29N7O4. The average Bonchev–Trinajstić information content (AvgIpc) is 3.62. The summed E-state index contributed by atoms with van der Waals surface area (Å²) in [5.41, 5.74) is 4.14. The van der Waals surface area contributed by atoms with Crippen LogP contribution >= 0.6 is 0 Å². The second kappa shape index (κ2) is 9.16. The van der Waals surface area contributed by atoms with Crippen LogP contribution in [0.25, 0.3) is 27.9 Å². The molecule has 11 nitrogen and oxygen atoms in total. The number of fused-ring (bicyclic) bond motifs is 2. The van der Waals surface area contributed by atoms with Crippen molar-refractivity contribution in [2.24, 2.45) is 0 Å². The molecule has 4 aromatic heterocycles. The Kier molecular flexibility index (Phi) is 5.82. The normalized spacial score (nSPS) is 23.8. The first-order valence-electron chi connectivity index (χ1n) is 12.1. The molecule has 1 aliphatic heterocycles. The summed E-state index contributed by atoms with van der Waals surface area (Å²) in [6.07, 6.45) is 7.19. The first kappa shape index (κ1) is 22.9. The monoisotopic (exact) mass is 491 g/mol. The quantitative estimate of drug-likeness (QED) is 0.405. The number of imidazole rings is 1. The largest absolute Gasteiger partial charge is 0.385 e. The van der Waals surface area contributed by atoms with Gasteiger partial charge in [-0.25, -0.2) is 14.5 Å². The predicted molar refractivity (Wildman–Crippen MR) is 133 cm³/mol. The van der Waals surface area contributed by atoms with Crippen LogP contribution in [0.3, 0.4) is 0 Å². The summed E-state index contributed by atoms with van der Waals surface area (Å²) in [5, 5.41) is 12.1. The third kappa shape index (κ3) is 3.62. The summed E-state index contributed by atoms with van der Waals surface area (Å²) >= 11 is 0. The van der Waals surface area contributed by atoms with E-state index in [1.165, 1.54) is 0 Å². The Morgan fingerprint density at radius 1 is 1.14 bits per heavy atom. The molecule has 5 heterocycles. The zero-order valence-electron chi connectivity index (χ0n) is 20.5. The molecule has 0 bridgehead atoms. The van der Waals surface area contributed by atoms with E-state index in [9.17, 15) is 4.79 Å². The van der Waals surface area contributed by atoms with E-state index >= 15 is 0 Å². The van der Waals surface area contributed by atoms with Gasteiger partial charge in [0.2, 0.25) is 0 Å².